The van der Waals surface area contributed by atoms with E-state index in [1.165, 1.54) is 11.1 Å². The first-order chi connectivity index (χ1) is 9.74. The average Bonchev–Trinajstić information content (AvgIpc) is 2.35. The van der Waals surface area contributed by atoms with Crippen molar-refractivity contribution in [1.82, 2.24) is 0 Å². The van der Waals surface area contributed by atoms with E-state index >= 15 is 0 Å². The topological polar surface area (TPSA) is 35.2 Å². The molecule has 118 valence electrons. The Labute approximate surface area is 135 Å². The Morgan fingerprint density at radius 3 is 2.52 bits per heavy atom. The standard InChI is InChI=1S/C18H29NOS/c1-6-9-20-16-8-7-14(10-13(2)11-17(19)21)12-15(16)18(3,4)5/h7-8,12-13H,6,9-11H2,1-5H3,(H2,19,21). The molecule has 0 fully saturated rings. The number of ether oxygens (including phenoxy) is 1. The van der Waals surface area contributed by atoms with Gasteiger partial charge in [0.25, 0.3) is 0 Å². The van der Waals surface area contributed by atoms with Crippen molar-refractivity contribution in [3.8, 4) is 5.75 Å². The molecule has 0 saturated carbocycles. The van der Waals surface area contributed by atoms with Crippen LogP contribution in [0.2, 0.25) is 0 Å². The molecule has 0 radical (unpaired) electrons. The zero-order valence-electron chi connectivity index (χ0n) is 14.0. The second-order valence-corrected chi connectivity index (χ2v) is 7.43. The Balaban J connectivity index is 2.96. The summed E-state index contributed by atoms with van der Waals surface area (Å²) >= 11 is 5.00. The van der Waals surface area contributed by atoms with E-state index < -0.39 is 0 Å². The van der Waals surface area contributed by atoms with Crippen LogP contribution in [0.15, 0.2) is 18.2 Å². The molecule has 0 spiro atoms. The van der Waals surface area contributed by atoms with Crippen molar-refractivity contribution in [1.29, 1.82) is 0 Å². The summed E-state index contributed by atoms with van der Waals surface area (Å²) in [5.74, 6) is 1.48. The molecule has 1 aromatic rings. The van der Waals surface area contributed by atoms with Crippen LogP contribution in [-0.4, -0.2) is 11.6 Å². The number of rotatable bonds is 7. The van der Waals surface area contributed by atoms with Crippen molar-refractivity contribution in [2.24, 2.45) is 11.7 Å². The molecule has 2 nitrogen and oxygen atoms in total. The third kappa shape index (κ3) is 6.04. The monoisotopic (exact) mass is 307 g/mol. The van der Waals surface area contributed by atoms with Gasteiger partial charge in [-0.2, -0.15) is 0 Å². The van der Waals surface area contributed by atoms with Crippen LogP contribution in [0.25, 0.3) is 0 Å². The number of hydrogen-bond acceptors (Lipinski definition) is 2. The molecule has 0 aliphatic rings. The van der Waals surface area contributed by atoms with E-state index in [0.29, 0.717) is 10.9 Å². The summed E-state index contributed by atoms with van der Waals surface area (Å²) in [6.07, 6.45) is 2.82. The maximum absolute atomic E-state index is 5.90. The first kappa shape index (κ1) is 18.0. The number of hydrogen-bond donors (Lipinski definition) is 1. The lowest BCUT2D eigenvalue weighted by Gasteiger charge is -2.24. The molecule has 1 atom stereocenters. The first-order valence-electron chi connectivity index (χ1n) is 7.78. The van der Waals surface area contributed by atoms with Crippen molar-refractivity contribution in [2.45, 2.75) is 59.3 Å². The van der Waals surface area contributed by atoms with Crippen LogP contribution in [0.4, 0.5) is 0 Å². The highest BCUT2D eigenvalue weighted by atomic mass is 32.1. The molecule has 2 N–H and O–H groups in total. The minimum Gasteiger partial charge on any atom is -0.493 e. The SMILES string of the molecule is CCCOc1ccc(CC(C)CC(N)=S)cc1C(C)(C)C. The molecule has 3 heteroatoms. The van der Waals surface area contributed by atoms with Crippen LogP contribution >= 0.6 is 12.2 Å². The Morgan fingerprint density at radius 1 is 1.33 bits per heavy atom. The van der Waals surface area contributed by atoms with Crippen LogP contribution in [0.1, 0.15) is 58.6 Å². The molecule has 0 aliphatic carbocycles. The van der Waals surface area contributed by atoms with Crippen molar-refractivity contribution >= 4 is 17.2 Å². The lowest BCUT2D eigenvalue weighted by molar-refractivity contribution is 0.308. The summed E-state index contributed by atoms with van der Waals surface area (Å²) in [4.78, 5) is 0.599. The molecular formula is C18H29NOS. The predicted molar refractivity (Wildman–Crippen MR) is 95.2 cm³/mol. The highest BCUT2D eigenvalue weighted by Crippen LogP contribution is 2.33. The van der Waals surface area contributed by atoms with Crippen LogP contribution in [-0.2, 0) is 11.8 Å². The highest BCUT2D eigenvalue weighted by molar-refractivity contribution is 7.80. The van der Waals surface area contributed by atoms with Gasteiger partial charge in [-0.3, -0.25) is 0 Å². The van der Waals surface area contributed by atoms with Crippen LogP contribution in [0, 0.1) is 5.92 Å². The zero-order valence-corrected chi connectivity index (χ0v) is 14.8. The van der Waals surface area contributed by atoms with E-state index in [4.69, 9.17) is 22.7 Å². The van der Waals surface area contributed by atoms with Crippen molar-refractivity contribution in [2.75, 3.05) is 6.61 Å². The van der Waals surface area contributed by atoms with Gasteiger partial charge in [0.2, 0.25) is 0 Å². The van der Waals surface area contributed by atoms with Gasteiger partial charge in [0.15, 0.2) is 0 Å². The summed E-state index contributed by atoms with van der Waals surface area (Å²) < 4.78 is 5.90. The van der Waals surface area contributed by atoms with Crippen LogP contribution in [0.5, 0.6) is 5.75 Å². The molecule has 0 heterocycles. The van der Waals surface area contributed by atoms with Crippen LogP contribution < -0.4 is 10.5 Å². The molecule has 21 heavy (non-hydrogen) atoms. The largest absolute Gasteiger partial charge is 0.493 e. The van der Waals surface area contributed by atoms with Crippen molar-refractivity contribution < 1.29 is 4.74 Å². The zero-order chi connectivity index (χ0) is 16.0. The van der Waals surface area contributed by atoms with E-state index in [-0.39, 0.29) is 5.41 Å². The fourth-order valence-electron chi connectivity index (χ4n) is 2.45. The van der Waals surface area contributed by atoms with E-state index in [1.54, 1.807) is 0 Å². The molecule has 0 saturated heterocycles. The number of thiocarbonyl (C=S) groups is 1. The van der Waals surface area contributed by atoms with E-state index in [2.05, 4.69) is 52.8 Å². The van der Waals surface area contributed by atoms with Gasteiger partial charge in [-0.05, 0) is 41.4 Å². The Morgan fingerprint density at radius 2 is 2.00 bits per heavy atom. The Bertz CT molecular complexity index is 477. The quantitative estimate of drug-likeness (QED) is 0.746. The maximum Gasteiger partial charge on any atom is 0.123 e. The molecule has 0 aromatic heterocycles. The number of benzene rings is 1. The third-order valence-corrected chi connectivity index (χ3v) is 3.61. The van der Waals surface area contributed by atoms with Gasteiger partial charge in [-0.15, -0.1) is 0 Å². The first-order valence-corrected chi connectivity index (χ1v) is 8.19. The summed E-state index contributed by atoms with van der Waals surface area (Å²) in [5.41, 5.74) is 8.31. The van der Waals surface area contributed by atoms with Gasteiger partial charge in [0, 0.05) is 6.42 Å². The fraction of sp³-hybridized carbons (Fsp3) is 0.611. The molecule has 1 aromatic carbocycles. The Kier molecular flexibility index (Phi) is 6.66. The smallest absolute Gasteiger partial charge is 0.123 e. The molecular weight excluding hydrogens is 278 g/mol. The van der Waals surface area contributed by atoms with E-state index in [0.717, 1.165) is 31.6 Å². The average molecular weight is 308 g/mol. The molecule has 0 bridgehead atoms. The summed E-state index contributed by atoms with van der Waals surface area (Å²) in [6, 6.07) is 6.55. The second-order valence-electron chi connectivity index (χ2n) is 6.91. The lowest BCUT2D eigenvalue weighted by atomic mass is 9.84. The maximum atomic E-state index is 5.90. The third-order valence-electron chi connectivity index (χ3n) is 3.45. The molecule has 0 aliphatic heterocycles. The molecule has 1 unspecified atom stereocenters. The minimum atomic E-state index is 0.0749. The van der Waals surface area contributed by atoms with E-state index in [9.17, 15) is 0 Å². The van der Waals surface area contributed by atoms with E-state index in [1.807, 2.05) is 0 Å². The molecule has 1 rings (SSSR count). The Hall–Kier alpha value is -1.09. The fourth-order valence-corrected chi connectivity index (χ4v) is 2.73. The summed E-state index contributed by atoms with van der Waals surface area (Å²) in [6.45, 7) is 11.8. The second kappa shape index (κ2) is 7.79. The minimum absolute atomic E-state index is 0.0749. The van der Waals surface area contributed by atoms with Gasteiger partial charge in [0.1, 0.15) is 5.75 Å². The normalized spacial score (nSPS) is 13.0. The number of nitrogens with two attached hydrogens (primary N) is 1. The van der Waals surface area contributed by atoms with Crippen LogP contribution in [0.3, 0.4) is 0 Å². The predicted octanol–water partition coefficient (Wildman–Crippen LogP) is 4.63. The summed E-state index contributed by atoms with van der Waals surface area (Å²) in [7, 11) is 0. The van der Waals surface area contributed by atoms with Crippen molar-refractivity contribution in [3.63, 3.8) is 0 Å². The van der Waals surface area contributed by atoms with Gasteiger partial charge >= 0.3 is 0 Å². The lowest BCUT2D eigenvalue weighted by Crippen LogP contribution is -2.16. The van der Waals surface area contributed by atoms with Gasteiger partial charge in [-0.1, -0.05) is 59.0 Å². The van der Waals surface area contributed by atoms with Gasteiger partial charge < -0.3 is 10.5 Å². The van der Waals surface area contributed by atoms with Crippen molar-refractivity contribution in [3.05, 3.63) is 29.3 Å². The molecule has 0 amide bonds. The summed E-state index contributed by atoms with van der Waals surface area (Å²) in [5, 5.41) is 0. The highest BCUT2D eigenvalue weighted by Gasteiger charge is 2.20. The van der Waals surface area contributed by atoms with Gasteiger partial charge in [0.05, 0.1) is 11.6 Å². The van der Waals surface area contributed by atoms with Gasteiger partial charge in [-0.25, -0.2) is 0 Å².